The minimum Gasteiger partial charge on any atom is -0.339 e. The Morgan fingerprint density at radius 3 is 2.61 bits per heavy atom. The lowest BCUT2D eigenvalue weighted by Crippen LogP contribution is -2.31. The SMILES string of the molecule is CCCN(CC)C(=O)c1cnc(Nc2cccc(Cl)c2C)c2cccc(C)c12. The summed E-state index contributed by atoms with van der Waals surface area (Å²) in [6, 6.07) is 11.8. The molecule has 0 aliphatic heterocycles. The second-order valence-corrected chi connectivity index (χ2v) is 7.35. The molecule has 146 valence electrons. The first-order valence-corrected chi connectivity index (χ1v) is 10.0. The lowest BCUT2D eigenvalue weighted by Gasteiger charge is -2.22. The van der Waals surface area contributed by atoms with Crippen molar-refractivity contribution in [1.29, 1.82) is 0 Å². The number of amides is 1. The molecule has 0 radical (unpaired) electrons. The van der Waals surface area contributed by atoms with Gasteiger partial charge in [-0.15, -0.1) is 0 Å². The van der Waals surface area contributed by atoms with Gasteiger partial charge >= 0.3 is 0 Å². The van der Waals surface area contributed by atoms with Crippen LogP contribution in [0.15, 0.2) is 42.6 Å². The van der Waals surface area contributed by atoms with Crippen LogP contribution in [0, 0.1) is 13.8 Å². The zero-order valence-electron chi connectivity index (χ0n) is 16.8. The molecule has 0 saturated heterocycles. The van der Waals surface area contributed by atoms with Crippen LogP contribution in [0.2, 0.25) is 5.02 Å². The lowest BCUT2D eigenvalue weighted by molar-refractivity contribution is 0.0766. The average molecular weight is 396 g/mol. The zero-order valence-corrected chi connectivity index (χ0v) is 17.6. The van der Waals surface area contributed by atoms with E-state index in [0.717, 1.165) is 46.4 Å². The molecule has 28 heavy (non-hydrogen) atoms. The summed E-state index contributed by atoms with van der Waals surface area (Å²) >= 11 is 6.26. The molecule has 0 aliphatic carbocycles. The Morgan fingerprint density at radius 1 is 1.14 bits per heavy atom. The highest BCUT2D eigenvalue weighted by Gasteiger charge is 2.20. The molecule has 1 aromatic heterocycles. The van der Waals surface area contributed by atoms with Crippen LogP contribution in [0.4, 0.5) is 11.5 Å². The second-order valence-electron chi connectivity index (χ2n) is 6.94. The molecular weight excluding hydrogens is 370 g/mol. The largest absolute Gasteiger partial charge is 0.339 e. The number of nitrogens with one attached hydrogen (secondary N) is 1. The van der Waals surface area contributed by atoms with Crippen molar-refractivity contribution in [3.05, 3.63) is 64.3 Å². The van der Waals surface area contributed by atoms with Crippen LogP contribution in [0.3, 0.4) is 0 Å². The number of hydrogen-bond donors (Lipinski definition) is 1. The van der Waals surface area contributed by atoms with Crippen LogP contribution in [0.5, 0.6) is 0 Å². The number of carbonyl (C=O) groups excluding carboxylic acids is 1. The van der Waals surface area contributed by atoms with Crippen molar-refractivity contribution in [1.82, 2.24) is 9.88 Å². The van der Waals surface area contributed by atoms with Crippen LogP contribution in [0.1, 0.15) is 41.8 Å². The molecule has 1 N–H and O–H groups in total. The van der Waals surface area contributed by atoms with Gasteiger partial charge in [0.2, 0.25) is 0 Å². The number of aromatic nitrogens is 1. The summed E-state index contributed by atoms with van der Waals surface area (Å²) < 4.78 is 0. The summed E-state index contributed by atoms with van der Waals surface area (Å²) in [4.78, 5) is 19.6. The van der Waals surface area contributed by atoms with Gasteiger partial charge in [-0.3, -0.25) is 4.79 Å². The van der Waals surface area contributed by atoms with E-state index in [2.05, 4.69) is 17.2 Å². The third-order valence-electron chi connectivity index (χ3n) is 5.03. The number of pyridine rings is 1. The summed E-state index contributed by atoms with van der Waals surface area (Å²) in [5.74, 6) is 0.751. The van der Waals surface area contributed by atoms with E-state index in [-0.39, 0.29) is 5.91 Å². The minimum absolute atomic E-state index is 0.0293. The van der Waals surface area contributed by atoms with E-state index in [4.69, 9.17) is 11.6 Å². The molecule has 4 nitrogen and oxygen atoms in total. The van der Waals surface area contributed by atoms with E-state index >= 15 is 0 Å². The zero-order chi connectivity index (χ0) is 20.3. The topological polar surface area (TPSA) is 45.2 Å². The van der Waals surface area contributed by atoms with E-state index in [0.29, 0.717) is 17.1 Å². The first-order valence-electron chi connectivity index (χ1n) is 9.67. The van der Waals surface area contributed by atoms with E-state index in [1.165, 1.54) is 0 Å². The third-order valence-corrected chi connectivity index (χ3v) is 5.44. The van der Waals surface area contributed by atoms with Gasteiger partial charge in [-0.25, -0.2) is 4.98 Å². The van der Waals surface area contributed by atoms with Gasteiger partial charge in [0.15, 0.2) is 0 Å². The van der Waals surface area contributed by atoms with Crippen molar-refractivity contribution >= 4 is 39.8 Å². The number of carbonyl (C=O) groups is 1. The number of nitrogens with zero attached hydrogens (tertiary/aromatic N) is 2. The number of halogens is 1. The van der Waals surface area contributed by atoms with Gasteiger partial charge in [0.1, 0.15) is 5.82 Å². The number of fused-ring (bicyclic) bond motifs is 1. The van der Waals surface area contributed by atoms with Crippen LogP contribution in [-0.4, -0.2) is 28.9 Å². The van der Waals surface area contributed by atoms with Gasteiger partial charge in [0.25, 0.3) is 5.91 Å². The maximum Gasteiger partial charge on any atom is 0.256 e. The fourth-order valence-corrected chi connectivity index (χ4v) is 3.64. The Morgan fingerprint density at radius 2 is 1.89 bits per heavy atom. The first-order chi connectivity index (χ1) is 13.5. The fraction of sp³-hybridized carbons (Fsp3) is 0.304. The van der Waals surface area contributed by atoms with Gasteiger partial charge in [0.05, 0.1) is 5.56 Å². The molecule has 5 heteroatoms. The van der Waals surface area contributed by atoms with Crippen LogP contribution < -0.4 is 5.32 Å². The monoisotopic (exact) mass is 395 g/mol. The maximum absolute atomic E-state index is 13.1. The molecule has 3 aromatic rings. The minimum atomic E-state index is 0.0293. The van der Waals surface area contributed by atoms with Gasteiger partial charge in [-0.1, -0.05) is 42.8 Å². The molecule has 0 unspecified atom stereocenters. The maximum atomic E-state index is 13.1. The Hall–Kier alpha value is -2.59. The highest BCUT2D eigenvalue weighted by molar-refractivity contribution is 6.31. The van der Waals surface area contributed by atoms with Crippen LogP contribution in [0.25, 0.3) is 10.8 Å². The molecule has 0 saturated carbocycles. The Bertz CT molecular complexity index is 1020. The molecule has 0 fully saturated rings. The van der Waals surface area contributed by atoms with Crippen LogP contribution in [-0.2, 0) is 0 Å². The van der Waals surface area contributed by atoms with Crippen molar-refractivity contribution in [3.8, 4) is 0 Å². The Balaban J connectivity index is 2.12. The summed E-state index contributed by atoms with van der Waals surface area (Å²) in [6.45, 7) is 9.52. The summed E-state index contributed by atoms with van der Waals surface area (Å²) in [7, 11) is 0. The van der Waals surface area contributed by atoms with Crippen molar-refractivity contribution in [2.24, 2.45) is 0 Å². The van der Waals surface area contributed by atoms with Gasteiger partial charge in [-0.05, 0) is 50.5 Å². The number of hydrogen-bond acceptors (Lipinski definition) is 3. The molecule has 3 rings (SSSR count). The fourth-order valence-electron chi connectivity index (χ4n) is 3.46. The average Bonchev–Trinajstić information content (AvgIpc) is 2.69. The standard InChI is InChI=1S/C23H26ClN3O/c1-5-13-27(6-2)23(28)18-14-25-22(17-10-7-9-15(3)21(17)18)26-20-12-8-11-19(24)16(20)4/h7-12,14H,5-6,13H2,1-4H3,(H,25,26). The van der Waals surface area contributed by atoms with E-state index in [1.807, 2.05) is 62.1 Å². The molecule has 1 amide bonds. The van der Waals surface area contributed by atoms with E-state index in [1.54, 1.807) is 6.20 Å². The predicted octanol–water partition coefficient (Wildman–Crippen LogP) is 6.12. The smallest absolute Gasteiger partial charge is 0.256 e. The third kappa shape index (κ3) is 3.83. The molecule has 0 spiro atoms. The Labute approximate surface area is 171 Å². The van der Waals surface area contributed by atoms with Gasteiger partial charge < -0.3 is 10.2 Å². The Kier molecular flexibility index (Phi) is 6.20. The summed E-state index contributed by atoms with van der Waals surface area (Å²) in [5, 5.41) is 5.97. The van der Waals surface area contributed by atoms with Gasteiger partial charge in [0, 0.05) is 40.8 Å². The summed E-state index contributed by atoms with van der Waals surface area (Å²) in [6.07, 6.45) is 2.62. The molecular formula is C23H26ClN3O. The van der Waals surface area contributed by atoms with E-state index in [9.17, 15) is 4.79 Å². The molecule has 0 aliphatic rings. The molecule has 2 aromatic carbocycles. The predicted molar refractivity (Wildman–Crippen MR) is 118 cm³/mol. The lowest BCUT2D eigenvalue weighted by atomic mass is 10.0. The molecule has 1 heterocycles. The molecule has 0 bridgehead atoms. The first kappa shape index (κ1) is 20.2. The second kappa shape index (κ2) is 8.61. The molecule has 0 atom stereocenters. The van der Waals surface area contributed by atoms with Crippen molar-refractivity contribution in [3.63, 3.8) is 0 Å². The van der Waals surface area contributed by atoms with Crippen molar-refractivity contribution < 1.29 is 4.79 Å². The number of aryl methyl sites for hydroxylation is 1. The number of anilines is 2. The number of benzene rings is 2. The van der Waals surface area contributed by atoms with Crippen molar-refractivity contribution in [2.45, 2.75) is 34.1 Å². The highest BCUT2D eigenvalue weighted by atomic mass is 35.5. The quantitative estimate of drug-likeness (QED) is 0.546. The van der Waals surface area contributed by atoms with Crippen molar-refractivity contribution in [2.75, 3.05) is 18.4 Å². The normalized spacial score (nSPS) is 10.9. The summed E-state index contributed by atoms with van der Waals surface area (Å²) in [5.41, 5.74) is 3.58. The number of rotatable bonds is 6. The van der Waals surface area contributed by atoms with Gasteiger partial charge in [-0.2, -0.15) is 0 Å². The highest BCUT2D eigenvalue weighted by Crippen LogP contribution is 2.32. The van der Waals surface area contributed by atoms with Crippen LogP contribution >= 0.6 is 11.6 Å². The van der Waals surface area contributed by atoms with E-state index < -0.39 is 0 Å².